The van der Waals surface area contributed by atoms with E-state index in [0.29, 0.717) is 0 Å². The maximum Gasteiger partial charge on any atom is 0.0468 e. The number of hydrogen-bond acceptors (Lipinski definition) is 1. The maximum atomic E-state index is 2.41. The molecule has 0 fully saturated rings. The van der Waals surface area contributed by atoms with Crippen LogP contribution in [0.5, 0.6) is 0 Å². The van der Waals surface area contributed by atoms with E-state index < -0.39 is 0 Å². The van der Waals surface area contributed by atoms with E-state index in [0.717, 1.165) is 17.1 Å². The first kappa shape index (κ1) is 28.8. The lowest BCUT2D eigenvalue weighted by Crippen LogP contribution is -2.10. The van der Waals surface area contributed by atoms with Crippen LogP contribution in [0, 0.1) is 0 Å². The third-order valence-corrected chi connectivity index (χ3v) is 9.62. The largest absolute Gasteiger partial charge is 0.310 e. The van der Waals surface area contributed by atoms with Gasteiger partial charge in [0.05, 0.1) is 0 Å². The van der Waals surface area contributed by atoms with E-state index in [1.807, 2.05) is 0 Å². The molecule has 9 rings (SSSR count). The van der Waals surface area contributed by atoms with Gasteiger partial charge in [-0.05, 0) is 102 Å². The molecule has 0 radical (unpaired) electrons. The van der Waals surface area contributed by atoms with Crippen molar-refractivity contribution in [3.05, 3.63) is 200 Å². The van der Waals surface area contributed by atoms with Gasteiger partial charge in [-0.3, -0.25) is 0 Å². The van der Waals surface area contributed by atoms with Gasteiger partial charge >= 0.3 is 0 Å². The fraction of sp³-hybridized carbons (Fsp3) is 0. The lowest BCUT2D eigenvalue weighted by molar-refractivity contribution is 1.29. The van der Waals surface area contributed by atoms with Crippen molar-refractivity contribution < 1.29 is 0 Å². The van der Waals surface area contributed by atoms with Crippen molar-refractivity contribution in [2.24, 2.45) is 0 Å². The van der Waals surface area contributed by atoms with E-state index >= 15 is 0 Å². The first-order valence-corrected chi connectivity index (χ1v) is 16.8. The quantitative estimate of drug-likeness (QED) is 0.167. The Balaban J connectivity index is 1.29. The zero-order valence-electron chi connectivity index (χ0n) is 27.0. The Kier molecular flexibility index (Phi) is 7.22. The van der Waals surface area contributed by atoms with Gasteiger partial charge < -0.3 is 4.90 Å². The van der Waals surface area contributed by atoms with Crippen molar-refractivity contribution in [3.63, 3.8) is 0 Å². The zero-order valence-corrected chi connectivity index (χ0v) is 27.0. The first-order valence-electron chi connectivity index (χ1n) is 16.8. The molecule has 0 saturated carbocycles. The molecule has 0 spiro atoms. The van der Waals surface area contributed by atoms with Crippen LogP contribution in [0.4, 0.5) is 17.1 Å². The standard InChI is InChI=1S/C48H33N/c1-3-13-34(14-4-1)46-30-29-42(33-47(46)36-15-5-2-6-16-36)49(41-28-27-38-26-25-37-18-8-10-23-44(37)48(38)32-41)40-21-11-20-39(31-40)45-24-12-19-35-17-7-9-22-43(35)45/h1-33H. The summed E-state index contributed by atoms with van der Waals surface area (Å²) >= 11 is 0. The summed E-state index contributed by atoms with van der Waals surface area (Å²) in [5.41, 5.74) is 10.6. The van der Waals surface area contributed by atoms with E-state index in [-0.39, 0.29) is 0 Å². The Morgan fingerprint density at radius 1 is 0.245 bits per heavy atom. The molecule has 49 heavy (non-hydrogen) atoms. The minimum Gasteiger partial charge on any atom is -0.310 e. The minimum absolute atomic E-state index is 1.10. The van der Waals surface area contributed by atoms with Crippen molar-refractivity contribution in [1.29, 1.82) is 0 Å². The van der Waals surface area contributed by atoms with Gasteiger partial charge in [-0.2, -0.15) is 0 Å². The molecule has 0 aromatic heterocycles. The zero-order chi connectivity index (χ0) is 32.6. The summed E-state index contributed by atoms with van der Waals surface area (Å²) in [6.45, 7) is 0. The fourth-order valence-corrected chi connectivity index (χ4v) is 7.26. The Morgan fingerprint density at radius 3 is 1.53 bits per heavy atom. The second-order valence-electron chi connectivity index (χ2n) is 12.6. The van der Waals surface area contributed by atoms with Crippen molar-refractivity contribution >= 4 is 49.4 Å². The third-order valence-electron chi connectivity index (χ3n) is 9.62. The lowest BCUT2D eigenvalue weighted by atomic mass is 9.93. The highest BCUT2D eigenvalue weighted by molar-refractivity contribution is 6.09. The summed E-state index contributed by atoms with van der Waals surface area (Å²) in [6.07, 6.45) is 0. The van der Waals surface area contributed by atoms with E-state index in [9.17, 15) is 0 Å². The number of anilines is 3. The number of nitrogens with zero attached hydrogens (tertiary/aromatic N) is 1. The highest BCUT2D eigenvalue weighted by Crippen LogP contribution is 2.43. The second-order valence-corrected chi connectivity index (χ2v) is 12.6. The van der Waals surface area contributed by atoms with Crippen LogP contribution in [0.3, 0.4) is 0 Å². The molecule has 0 N–H and O–H groups in total. The second kappa shape index (κ2) is 12.3. The average Bonchev–Trinajstić information content (AvgIpc) is 3.18. The topological polar surface area (TPSA) is 3.24 Å². The van der Waals surface area contributed by atoms with Gasteiger partial charge in [0.2, 0.25) is 0 Å². The molecule has 9 aromatic rings. The molecule has 0 saturated heterocycles. The maximum absolute atomic E-state index is 2.41. The molecule has 9 aromatic carbocycles. The van der Waals surface area contributed by atoms with Crippen molar-refractivity contribution in [2.45, 2.75) is 0 Å². The highest BCUT2D eigenvalue weighted by Gasteiger charge is 2.18. The van der Waals surface area contributed by atoms with Crippen LogP contribution >= 0.6 is 0 Å². The summed E-state index contributed by atoms with van der Waals surface area (Å²) in [6, 6.07) is 72.5. The summed E-state index contributed by atoms with van der Waals surface area (Å²) in [5, 5.41) is 7.48. The smallest absolute Gasteiger partial charge is 0.0468 e. The Morgan fingerprint density at radius 2 is 0.755 bits per heavy atom. The predicted molar refractivity (Wildman–Crippen MR) is 210 cm³/mol. The highest BCUT2D eigenvalue weighted by atomic mass is 15.1. The Hall–Kier alpha value is -6.44. The molecular formula is C48H33N. The van der Waals surface area contributed by atoms with Crippen molar-refractivity contribution in [1.82, 2.24) is 0 Å². The number of hydrogen-bond donors (Lipinski definition) is 0. The Bertz CT molecular complexity index is 2600. The van der Waals surface area contributed by atoms with Gasteiger partial charge in [0.25, 0.3) is 0 Å². The molecule has 0 bridgehead atoms. The number of fused-ring (bicyclic) bond motifs is 4. The Labute approximate surface area is 287 Å². The molecule has 0 aliphatic heterocycles. The predicted octanol–water partition coefficient (Wildman–Crippen LogP) is 13.6. The minimum atomic E-state index is 1.10. The van der Waals surface area contributed by atoms with Crippen LogP contribution in [-0.2, 0) is 0 Å². The van der Waals surface area contributed by atoms with Crippen LogP contribution in [0.1, 0.15) is 0 Å². The van der Waals surface area contributed by atoms with E-state index in [1.165, 1.54) is 65.7 Å². The van der Waals surface area contributed by atoms with E-state index in [1.54, 1.807) is 0 Å². The summed E-state index contributed by atoms with van der Waals surface area (Å²) < 4.78 is 0. The summed E-state index contributed by atoms with van der Waals surface area (Å²) in [5.74, 6) is 0. The van der Waals surface area contributed by atoms with Crippen molar-refractivity contribution in [3.8, 4) is 33.4 Å². The van der Waals surface area contributed by atoms with Gasteiger partial charge in [-0.15, -0.1) is 0 Å². The van der Waals surface area contributed by atoms with Gasteiger partial charge in [0.15, 0.2) is 0 Å². The normalized spacial score (nSPS) is 11.3. The van der Waals surface area contributed by atoms with Crippen LogP contribution in [-0.4, -0.2) is 0 Å². The fourth-order valence-electron chi connectivity index (χ4n) is 7.26. The van der Waals surface area contributed by atoms with Crippen LogP contribution in [0.15, 0.2) is 200 Å². The SMILES string of the molecule is c1ccc(-c2ccc(N(c3cccc(-c4cccc5ccccc45)c3)c3ccc4ccc5ccccc5c4c3)cc2-c2ccccc2)cc1. The number of benzene rings is 9. The molecule has 0 aliphatic rings. The van der Waals surface area contributed by atoms with E-state index in [4.69, 9.17) is 0 Å². The van der Waals surface area contributed by atoms with Gasteiger partial charge in [-0.25, -0.2) is 0 Å². The molecule has 1 heteroatoms. The van der Waals surface area contributed by atoms with Crippen LogP contribution in [0.2, 0.25) is 0 Å². The van der Waals surface area contributed by atoms with Gasteiger partial charge in [0.1, 0.15) is 0 Å². The van der Waals surface area contributed by atoms with E-state index in [2.05, 4.69) is 205 Å². The van der Waals surface area contributed by atoms with Gasteiger partial charge in [-0.1, -0.05) is 164 Å². The van der Waals surface area contributed by atoms with Crippen LogP contribution in [0.25, 0.3) is 65.7 Å². The molecule has 0 aliphatic carbocycles. The molecular weight excluding hydrogens is 591 g/mol. The number of rotatable bonds is 6. The van der Waals surface area contributed by atoms with Gasteiger partial charge in [0, 0.05) is 17.1 Å². The molecule has 230 valence electrons. The summed E-state index contributed by atoms with van der Waals surface area (Å²) in [7, 11) is 0. The molecule has 0 heterocycles. The molecule has 0 unspecified atom stereocenters. The van der Waals surface area contributed by atoms with Crippen molar-refractivity contribution in [2.75, 3.05) is 4.90 Å². The molecule has 0 amide bonds. The average molecular weight is 624 g/mol. The molecule has 0 atom stereocenters. The first-order chi connectivity index (χ1) is 24.3. The third kappa shape index (κ3) is 5.32. The molecule has 1 nitrogen and oxygen atoms in total. The monoisotopic (exact) mass is 623 g/mol. The summed E-state index contributed by atoms with van der Waals surface area (Å²) in [4.78, 5) is 2.41. The van der Waals surface area contributed by atoms with Crippen LogP contribution < -0.4 is 4.90 Å². The lowest BCUT2D eigenvalue weighted by Gasteiger charge is -2.28.